The van der Waals surface area contributed by atoms with Crippen LogP contribution in [0, 0.1) is 0 Å². The van der Waals surface area contributed by atoms with Crippen LogP contribution in [0.1, 0.15) is 23.7 Å². The maximum Gasteiger partial charge on any atom is 0.261 e. The normalized spacial score (nSPS) is 19.9. The molecule has 0 aromatic carbocycles. The summed E-state index contributed by atoms with van der Waals surface area (Å²) in [4.78, 5) is 16.8. The van der Waals surface area contributed by atoms with Gasteiger partial charge in [0.1, 0.15) is 5.56 Å². The van der Waals surface area contributed by atoms with Crippen LogP contribution < -0.4 is 4.74 Å². The van der Waals surface area contributed by atoms with Gasteiger partial charge in [-0.1, -0.05) is 6.92 Å². The molecule has 0 bridgehead atoms. The Bertz CT molecular complexity index is 463. The number of ether oxygens (including phenoxy) is 1. The first-order valence-corrected chi connectivity index (χ1v) is 7.00. The molecule has 2 aliphatic heterocycles. The summed E-state index contributed by atoms with van der Waals surface area (Å²) in [5.41, 5.74) is 0.615. The van der Waals surface area contributed by atoms with Gasteiger partial charge in [-0.05, 0) is 6.54 Å². The first-order valence-electron chi connectivity index (χ1n) is 7.00. The maximum atomic E-state index is 12.5. The molecular weight excluding hydrogens is 244 g/mol. The van der Waals surface area contributed by atoms with E-state index in [1.165, 1.54) is 0 Å². The lowest BCUT2D eigenvalue weighted by molar-refractivity contribution is 0.0637. The lowest BCUT2D eigenvalue weighted by Crippen LogP contribution is -2.48. The van der Waals surface area contributed by atoms with Crippen molar-refractivity contribution in [2.45, 2.75) is 19.9 Å². The van der Waals surface area contributed by atoms with Crippen molar-refractivity contribution in [1.82, 2.24) is 19.6 Å². The molecule has 0 saturated carbocycles. The van der Waals surface area contributed by atoms with E-state index in [4.69, 9.17) is 4.74 Å². The molecule has 6 nitrogen and oxygen atoms in total. The Kier molecular flexibility index (Phi) is 3.42. The zero-order valence-corrected chi connectivity index (χ0v) is 11.3. The molecule has 1 aromatic heterocycles. The highest BCUT2D eigenvalue weighted by atomic mass is 16.5. The number of nitrogens with zero attached hydrogens (tertiary/aromatic N) is 4. The fourth-order valence-corrected chi connectivity index (χ4v) is 2.65. The van der Waals surface area contributed by atoms with Crippen molar-refractivity contribution in [1.29, 1.82) is 0 Å². The minimum Gasteiger partial charge on any atom is -0.477 e. The van der Waals surface area contributed by atoms with Gasteiger partial charge in [0.25, 0.3) is 5.91 Å². The number of carbonyl (C=O) groups excluding carboxylic acids is 1. The van der Waals surface area contributed by atoms with Crippen LogP contribution in [-0.2, 0) is 6.54 Å². The zero-order valence-electron chi connectivity index (χ0n) is 11.3. The predicted octanol–water partition coefficient (Wildman–Crippen LogP) is 0.443. The summed E-state index contributed by atoms with van der Waals surface area (Å²) < 4.78 is 7.38. The molecule has 1 amide bonds. The van der Waals surface area contributed by atoms with Crippen LogP contribution in [0.15, 0.2) is 6.20 Å². The Morgan fingerprint density at radius 2 is 2.11 bits per heavy atom. The van der Waals surface area contributed by atoms with Crippen molar-refractivity contribution in [2.75, 3.05) is 39.3 Å². The van der Waals surface area contributed by atoms with E-state index in [9.17, 15) is 4.79 Å². The van der Waals surface area contributed by atoms with Gasteiger partial charge in [-0.15, -0.1) is 0 Å². The topological polar surface area (TPSA) is 50.6 Å². The van der Waals surface area contributed by atoms with Crippen LogP contribution in [0.2, 0.25) is 0 Å². The molecule has 19 heavy (non-hydrogen) atoms. The molecule has 0 unspecified atom stereocenters. The summed E-state index contributed by atoms with van der Waals surface area (Å²) in [6.45, 7) is 8.20. The van der Waals surface area contributed by atoms with Gasteiger partial charge in [0.15, 0.2) is 0 Å². The first kappa shape index (κ1) is 12.5. The second-order valence-electron chi connectivity index (χ2n) is 5.02. The molecule has 6 heteroatoms. The van der Waals surface area contributed by atoms with Gasteiger partial charge in [0.2, 0.25) is 5.88 Å². The number of piperazine rings is 1. The Hall–Kier alpha value is -1.56. The molecule has 0 radical (unpaired) electrons. The Balaban J connectivity index is 1.72. The summed E-state index contributed by atoms with van der Waals surface area (Å²) in [5.74, 6) is 0.702. The van der Waals surface area contributed by atoms with Crippen LogP contribution >= 0.6 is 0 Å². The second kappa shape index (κ2) is 5.21. The first-order chi connectivity index (χ1) is 9.29. The van der Waals surface area contributed by atoms with Gasteiger partial charge in [-0.25, -0.2) is 4.68 Å². The van der Waals surface area contributed by atoms with Gasteiger partial charge in [-0.3, -0.25) is 4.79 Å². The molecule has 1 fully saturated rings. The Morgan fingerprint density at radius 1 is 1.32 bits per heavy atom. The average Bonchev–Trinajstić information content (AvgIpc) is 2.90. The summed E-state index contributed by atoms with van der Waals surface area (Å²) in [7, 11) is 0. The van der Waals surface area contributed by atoms with Gasteiger partial charge in [0, 0.05) is 39.1 Å². The van der Waals surface area contributed by atoms with Crippen molar-refractivity contribution in [3.05, 3.63) is 11.8 Å². The minimum atomic E-state index is 0.0545. The van der Waals surface area contributed by atoms with Gasteiger partial charge >= 0.3 is 0 Å². The standard InChI is InChI=1S/C13H20N4O2/c1-2-15-5-7-16(8-6-15)12(18)11-10-14-17-4-3-9-19-13(11)17/h10H,2-9H2,1H3. The smallest absolute Gasteiger partial charge is 0.261 e. The van der Waals surface area contributed by atoms with Crippen molar-refractivity contribution in [2.24, 2.45) is 0 Å². The van der Waals surface area contributed by atoms with Crippen molar-refractivity contribution < 1.29 is 9.53 Å². The monoisotopic (exact) mass is 264 g/mol. The Morgan fingerprint density at radius 3 is 2.84 bits per heavy atom. The number of hydrogen-bond acceptors (Lipinski definition) is 4. The molecular formula is C13H20N4O2. The van der Waals surface area contributed by atoms with Crippen LogP contribution in [0.5, 0.6) is 5.88 Å². The fourth-order valence-electron chi connectivity index (χ4n) is 2.65. The lowest BCUT2D eigenvalue weighted by Gasteiger charge is -2.34. The van der Waals surface area contributed by atoms with Gasteiger partial charge in [0.05, 0.1) is 12.8 Å². The molecule has 1 aromatic rings. The Labute approximate surface area is 112 Å². The van der Waals surface area contributed by atoms with E-state index in [1.54, 1.807) is 10.9 Å². The van der Waals surface area contributed by atoms with E-state index in [1.807, 2.05) is 4.90 Å². The number of aromatic nitrogens is 2. The summed E-state index contributed by atoms with van der Waals surface area (Å²) in [6.07, 6.45) is 2.60. The molecule has 3 heterocycles. The van der Waals surface area contributed by atoms with Crippen molar-refractivity contribution in [3.63, 3.8) is 0 Å². The average molecular weight is 264 g/mol. The van der Waals surface area contributed by atoms with E-state index < -0.39 is 0 Å². The minimum absolute atomic E-state index is 0.0545. The summed E-state index contributed by atoms with van der Waals surface area (Å²) in [5, 5.41) is 4.24. The number of hydrogen-bond donors (Lipinski definition) is 0. The number of carbonyl (C=O) groups is 1. The number of amides is 1. The predicted molar refractivity (Wildman–Crippen MR) is 70.4 cm³/mol. The molecule has 0 N–H and O–H groups in total. The third-order valence-electron chi connectivity index (χ3n) is 3.88. The van der Waals surface area contributed by atoms with Crippen LogP contribution in [0.3, 0.4) is 0 Å². The van der Waals surface area contributed by atoms with Gasteiger partial charge in [-0.2, -0.15) is 5.10 Å². The van der Waals surface area contributed by atoms with Crippen LogP contribution in [0.4, 0.5) is 0 Å². The third-order valence-corrected chi connectivity index (χ3v) is 3.88. The van der Waals surface area contributed by atoms with E-state index in [2.05, 4.69) is 16.9 Å². The second-order valence-corrected chi connectivity index (χ2v) is 5.02. The highest BCUT2D eigenvalue weighted by Crippen LogP contribution is 2.24. The van der Waals surface area contributed by atoms with Crippen molar-refractivity contribution in [3.8, 4) is 5.88 Å². The number of likely N-dealkylation sites (N-methyl/N-ethyl adjacent to an activating group) is 1. The van der Waals surface area contributed by atoms with Gasteiger partial charge < -0.3 is 14.5 Å². The van der Waals surface area contributed by atoms with E-state index in [0.717, 1.165) is 45.7 Å². The molecule has 2 aliphatic rings. The molecule has 0 atom stereocenters. The largest absolute Gasteiger partial charge is 0.477 e. The molecule has 0 aliphatic carbocycles. The highest BCUT2D eigenvalue weighted by Gasteiger charge is 2.27. The van der Waals surface area contributed by atoms with E-state index >= 15 is 0 Å². The van der Waals surface area contributed by atoms with Crippen molar-refractivity contribution >= 4 is 5.91 Å². The van der Waals surface area contributed by atoms with Crippen LogP contribution in [0.25, 0.3) is 0 Å². The molecule has 104 valence electrons. The number of aryl methyl sites for hydroxylation is 1. The maximum absolute atomic E-state index is 12.5. The highest BCUT2D eigenvalue weighted by molar-refractivity contribution is 5.96. The number of rotatable bonds is 2. The van der Waals surface area contributed by atoms with Crippen LogP contribution in [-0.4, -0.2) is 64.8 Å². The SMILES string of the molecule is CCN1CCN(C(=O)c2cnn3c2OCCC3)CC1. The van der Waals surface area contributed by atoms with E-state index in [-0.39, 0.29) is 5.91 Å². The fraction of sp³-hybridized carbons (Fsp3) is 0.692. The summed E-state index contributed by atoms with van der Waals surface area (Å²) >= 11 is 0. The molecule has 3 rings (SSSR count). The summed E-state index contributed by atoms with van der Waals surface area (Å²) in [6, 6.07) is 0. The quantitative estimate of drug-likeness (QED) is 0.778. The lowest BCUT2D eigenvalue weighted by atomic mass is 10.2. The molecule has 1 saturated heterocycles. The zero-order chi connectivity index (χ0) is 13.2. The molecule has 0 spiro atoms. The number of fused-ring (bicyclic) bond motifs is 1. The third kappa shape index (κ3) is 2.32. The van der Waals surface area contributed by atoms with E-state index in [0.29, 0.717) is 18.1 Å².